The second-order valence-electron chi connectivity index (χ2n) is 13.2. The molecule has 0 radical (unpaired) electrons. The number of fused-ring (bicyclic) bond motifs is 1. The number of amides is 2. The molecule has 11 heteroatoms. The fourth-order valence-electron chi connectivity index (χ4n) is 5.14. The van der Waals surface area contributed by atoms with Crippen LogP contribution in [0.25, 0.3) is 10.9 Å². The molecule has 1 heterocycles. The quantitative estimate of drug-likeness (QED) is 0.162. The van der Waals surface area contributed by atoms with Crippen molar-refractivity contribution in [3.05, 3.63) is 65.9 Å². The third kappa shape index (κ3) is 10.2. The Morgan fingerprint density at radius 2 is 1.67 bits per heavy atom. The van der Waals surface area contributed by atoms with Crippen LogP contribution in [0.15, 0.2) is 59.6 Å². The highest BCUT2D eigenvalue weighted by Crippen LogP contribution is 2.25. The molecule has 0 unspecified atom stereocenters. The number of benzene rings is 2. The Morgan fingerprint density at radius 1 is 1.00 bits per heavy atom. The van der Waals surface area contributed by atoms with E-state index in [0.717, 1.165) is 22.0 Å². The Bertz CT molecular complexity index is 1560. The molecule has 0 fully saturated rings. The molecule has 3 rings (SSSR count). The molecule has 4 N–H and O–H groups in total. The highest BCUT2D eigenvalue weighted by molar-refractivity contribution is 7.89. The fraction of sp³-hybridized carbons (Fsp3) is 0.500. The lowest BCUT2D eigenvalue weighted by atomic mass is 9.94. The molecule has 1 aromatic heterocycles. The van der Waals surface area contributed by atoms with E-state index >= 15 is 0 Å². The second kappa shape index (κ2) is 15.5. The van der Waals surface area contributed by atoms with Crippen LogP contribution in [-0.2, 0) is 30.8 Å². The van der Waals surface area contributed by atoms with Gasteiger partial charge in [0, 0.05) is 48.1 Å². The third-order valence-corrected chi connectivity index (χ3v) is 9.59. The van der Waals surface area contributed by atoms with E-state index in [0.29, 0.717) is 32.2 Å². The van der Waals surface area contributed by atoms with Crippen molar-refractivity contribution >= 4 is 38.7 Å². The van der Waals surface area contributed by atoms with Gasteiger partial charge in [-0.05, 0) is 49.4 Å². The van der Waals surface area contributed by atoms with Gasteiger partial charge in [0.1, 0.15) is 6.04 Å². The van der Waals surface area contributed by atoms with E-state index in [-0.39, 0.29) is 35.6 Å². The van der Waals surface area contributed by atoms with E-state index < -0.39 is 33.5 Å². The molecule has 0 aliphatic rings. The zero-order chi connectivity index (χ0) is 33.4. The maximum Gasteiger partial charge on any atom is 0.304 e. The molecule has 0 saturated heterocycles. The summed E-state index contributed by atoms with van der Waals surface area (Å²) >= 11 is 0. The van der Waals surface area contributed by atoms with Gasteiger partial charge in [-0.15, -0.1) is 0 Å². The molecule has 0 saturated carbocycles. The number of carbonyl (C=O) groups excluding carboxylic acids is 2. The fourth-order valence-corrected chi connectivity index (χ4v) is 6.96. The Hall–Kier alpha value is -3.70. The molecular weight excluding hydrogens is 592 g/mol. The lowest BCUT2D eigenvalue weighted by Gasteiger charge is -2.31. The van der Waals surface area contributed by atoms with E-state index in [4.69, 9.17) is 0 Å². The zero-order valence-electron chi connectivity index (χ0n) is 27.2. The van der Waals surface area contributed by atoms with E-state index in [1.54, 1.807) is 45.0 Å². The number of nitrogens with zero attached hydrogens (tertiary/aromatic N) is 1. The van der Waals surface area contributed by atoms with Crippen LogP contribution < -0.4 is 10.6 Å². The van der Waals surface area contributed by atoms with Crippen LogP contribution in [0.4, 0.5) is 0 Å². The number of hydrogen-bond donors (Lipinski definition) is 4. The van der Waals surface area contributed by atoms with Crippen LogP contribution in [0.2, 0.25) is 0 Å². The monoisotopic (exact) mass is 640 g/mol. The van der Waals surface area contributed by atoms with Gasteiger partial charge < -0.3 is 20.7 Å². The predicted molar refractivity (Wildman–Crippen MR) is 176 cm³/mol. The topological polar surface area (TPSA) is 149 Å². The predicted octanol–water partition coefficient (Wildman–Crippen LogP) is 5.03. The number of para-hydroxylation sites is 1. The van der Waals surface area contributed by atoms with Crippen LogP contribution in [-0.4, -0.2) is 65.8 Å². The first-order chi connectivity index (χ1) is 21.1. The van der Waals surface area contributed by atoms with Gasteiger partial charge in [0.25, 0.3) is 0 Å². The lowest BCUT2D eigenvalue weighted by molar-refractivity contribution is -0.138. The van der Waals surface area contributed by atoms with Crippen molar-refractivity contribution in [3.63, 3.8) is 0 Å². The summed E-state index contributed by atoms with van der Waals surface area (Å²) in [7, 11) is -3.93. The number of nitrogens with one attached hydrogen (secondary N) is 3. The maximum absolute atomic E-state index is 13.7. The molecular formula is C34H48N4O6S. The number of unbranched alkanes of at least 4 members (excludes halogenated alkanes) is 1. The second-order valence-corrected chi connectivity index (χ2v) is 15.1. The molecule has 0 spiro atoms. The minimum Gasteiger partial charge on any atom is -0.481 e. The summed E-state index contributed by atoms with van der Waals surface area (Å²) in [6, 6.07) is 12.8. The molecule has 3 aromatic rings. The Morgan fingerprint density at radius 3 is 2.29 bits per heavy atom. The Balaban J connectivity index is 1.68. The molecule has 0 bridgehead atoms. The van der Waals surface area contributed by atoms with Gasteiger partial charge in [0.05, 0.1) is 11.3 Å². The summed E-state index contributed by atoms with van der Waals surface area (Å²) in [5.41, 5.74) is 2.10. The van der Waals surface area contributed by atoms with Crippen molar-refractivity contribution in [3.8, 4) is 0 Å². The Labute approximate surface area is 267 Å². The number of carboxylic acid groups (broad SMARTS) is 1. The molecule has 246 valence electrons. The number of carboxylic acids is 1. The maximum atomic E-state index is 13.7. The van der Waals surface area contributed by atoms with Gasteiger partial charge >= 0.3 is 5.97 Å². The van der Waals surface area contributed by atoms with Crippen molar-refractivity contribution in [2.24, 2.45) is 11.3 Å². The van der Waals surface area contributed by atoms with Crippen LogP contribution in [0, 0.1) is 18.3 Å². The number of sulfonamides is 1. The summed E-state index contributed by atoms with van der Waals surface area (Å²) in [6.45, 7) is 11.5. The van der Waals surface area contributed by atoms with E-state index in [1.807, 2.05) is 51.2 Å². The summed E-state index contributed by atoms with van der Waals surface area (Å²) in [5, 5.41) is 16.5. The minimum absolute atomic E-state index is 0.0156. The first-order valence-electron chi connectivity index (χ1n) is 15.5. The van der Waals surface area contributed by atoms with Crippen molar-refractivity contribution in [1.29, 1.82) is 0 Å². The number of aromatic nitrogens is 1. The van der Waals surface area contributed by atoms with Gasteiger partial charge in [-0.1, -0.05) is 76.9 Å². The minimum atomic E-state index is -3.93. The molecule has 0 aliphatic carbocycles. The van der Waals surface area contributed by atoms with Crippen molar-refractivity contribution in [2.45, 2.75) is 90.6 Å². The number of aromatic amines is 1. The van der Waals surface area contributed by atoms with Crippen LogP contribution in [0.3, 0.4) is 0 Å². The average Bonchev–Trinajstić information content (AvgIpc) is 3.36. The van der Waals surface area contributed by atoms with Gasteiger partial charge in [0.15, 0.2) is 0 Å². The van der Waals surface area contributed by atoms with Gasteiger partial charge in [0.2, 0.25) is 21.8 Å². The highest BCUT2D eigenvalue weighted by atomic mass is 32.2. The lowest BCUT2D eigenvalue weighted by Crippen LogP contribution is -2.51. The number of hydrogen-bond acceptors (Lipinski definition) is 5. The average molecular weight is 641 g/mol. The first kappa shape index (κ1) is 35.8. The molecule has 45 heavy (non-hydrogen) atoms. The summed E-state index contributed by atoms with van der Waals surface area (Å²) in [4.78, 5) is 41.4. The standard InChI is InChI=1S/C34H48N4O6S/c1-23(2)22-38(45(43,44)27-16-14-24(3)15-17-27)26(20-31(39)40)11-9-10-18-35-32(41)30(37-33(42)34(4,5)6)19-25-21-36-29-13-8-7-12-28(25)29/h7-8,12-17,21,23,26,30,36H,9-11,18-20,22H2,1-6H3,(H,35,41)(H,37,42)(H,39,40)/t26-,30-/m0/s1. The number of rotatable bonds is 16. The van der Waals surface area contributed by atoms with Gasteiger partial charge in [-0.25, -0.2) is 8.42 Å². The Kier molecular flexibility index (Phi) is 12.3. The van der Waals surface area contributed by atoms with Crippen molar-refractivity contribution in [2.75, 3.05) is 13.1 Å². The molecule has 0 aliphatic heterocycles. The number of aliphatic carboxylic acids is 1. The SMILES string of the molecule is Cc1ccc(S(=O)(=O)N(CC(C)C)[C@@H](CCCCNC(=O)[C@H](Cc2c[nH]c3ccccc23)NC(=O)C(C)(C)C)CC(=O)O)cc1. The normalized spacial score (nSPS) is 13.6. The molecule has 2 amide bonds. The largest absolute Gasteiger partial charge is 0.481 e. The van der Waals surface area contributed by atoms with Gasteiger partial charge in [-0.2, -0.15) is 4.31 Å². The number of H-pyrrole nitrogens is 1. The molecule has 2 atom stereocenters. The highest BCUT2D eigenvalue weighted by Gasteiger charge is 2.33. The third-order valence-electron chi connectivity index (χ3n) is 7.66. The van der Waals surface area contributed by atoms with Crippen molar-refractivity contribution < 1.29 is 27.9 Å². The summed E-state index contributed by atoms with van der Waals surface area (Å²) < 4.78 is 28.7. The van der Waals surface area contributed by atoms with E-state index in [9.17, 15) is 27.9 Å². The van der Waals surface area contributed by atoms with Gasteiger partial charge in [-0.3, -0.25) is 14.4 Å². The number of aryl methyl sites for hydroxylation is 1. The molecule has 2 aromatic carbocycles. The summed E-state index contributed by atoms with van der Waals surface area (Å²) in [5.74, 6) is -1.64. The first-order valence-corrected chi connectivity index (χ1v) is 17.0. The molecule has 10 nitrogen and oxygen atoms in total. The number of carbonyl (C=O) groups is 3. The summed E-state index contributed by atoms with van der Waals surface area (Å²) in [6.07, 6.45) is 3.16. The van der Waals surface area contributed by atoms with E-state index in [2.05, 4.69) is 15.6 Å². The zero-order valence-corrected chi connectivity index (χ0v) is 28.0. The van der Waals surface area contributed by atoms with Crippen LogP contribution in [0.1, 0.15) is 71.4 Å². The smallest absolute Gasteiger partial charge is 0.304 e. The van der Waals surface area contributed by atoms with Crippen LogP contribution >= 0.6 is 0 Å². The van der Waals surface area contributed by atoms with Crippen molar-refractivity contribution in [1.82, 2.24) is 19.9 Å². The van der Waals surface area contributed by atoms with E-state index in [1.165, 1.54) is 4.31 Å². The van der Waals surface area contributed by atoms with Crippen LogP contribution in [0.5, 0.6) is 0 Å².